The summed E-state index contributed by atoms with van der Waals surface area (Å²) in [4.78, 5) is 12.6. The molecule has 0 bridgehead atoms. The Hall–Kier alpha value is -0.800. The van der Waals surface area contributed by atoms with Crippen molar-refractivity contribution in [1.82, 2.24) is 5.32 Å². The summed E-state index contributed by atoms with van der Waals surface area (Å²) in [5.41, 5.74) is 2.69. The molecular weight excluding hydrogens is 230 g/mol. The van der Waals surface area contributed by atoms with Crippen molar-refractivity contribution in [3.05, 3.63) is 29.3 Å². The molecule has 0 aliphatic carbocycles. The normalized spacial score (nSPS) is 16.4. The van der Waals surface area contributed by atoms with Crippen LogP contribution in [0.1, 0.15) is 36.9 Å². The minimum atomic E-state index is 0.157. The molecule has 0 amide bonds. The number of benzene rings is 1. The monoisotopic (exact) mass is 249 g/mol. The van der Waals surface area contributed by atoms with E-state index in [2.05, 4.69) is 23.5 Å². The molecule has 92 valence electrons. The number of Topliss-reactive ketones (excluding diaryl/α,β-unsaturated/α-hetero) is 1. The Morgan fingerprint density at radius 3 is 3.06 bits per heavy atom. The summed E-state index contributed by atoms with van der Waals surface area (Å²) in [6.07, 6.45) is 3.01. The first-order chi connectivity index (χ1) is 8.20. The molecule has 3 heteroatoms. The number of carbonyl (C=O) groups excluding carboxylic acids is 1. The lowest BCUT2D eigenvalue weighted by atomic mass is 9.98. The number of hydrogen-bond acceptors (Lipinski definition) is 3. The number of thioether (sulfide) groups is 1. The summed E-state index contributed by atoms with van der Waals surface area (Å²) in [6.45, 7) is 1.65. The van der Waals surface area contributed by atoms with Gasteiger partial charge in [-0.25, -0.2) is 0 Å². The first kappa shape index (κ1) is 12.7. The fourth-order valence-electron chi connectivity index (χ4n) is 2.27. The fourth-order valence-corrected chi connectivity index (χ4v) is 3.29. The average Bonchev–Trinajstić information content (AvgIpc) is 2.35. The van der Waals surface area contributed by atoms with E-state index >= 15 is 0 Å². The Kier molecular flexibility index (Phi) is 4.24. The first-order valence-corrected chi connectivity index (χ1v) is 7.11. The lowest BCUT2D eigenvalue weighted by Crippen LogP contribution is -2.19. The van der Waals surface area contributed by atoms with Gasteiger partial charge in [0.1, 0.15) is 5.78 Å². The molecule has 2 nitrogen and oxygen atoms in total. The predicted octanol–water partition coefficient (Wildman–Crippen LogP) is 2.96. The van der Waals surface area contributed by atoms with E-state index in [1.165, 1.54) is 34.6 Å². The van der Waals surface area contributed by atoms with Gasteiger partial charge in [-0.3, -0.25) is 4.79 Å². The number of nitrogens with one attached hydrogen (secondary N) is 1. The second-order valence-corrected chi connectivity index (χ2v) is 5.70. The Morgan fingerprint density at radius 1 is 1.53 bits per heavy atom. The van der Waals surface area contributed by atoms with Gasteiger partial charge in [-0.15, -0.1) is 11.8 Å². The smallest absolute Gasteiger partial charge is 0.131 e. The predicted molar refractivity (Wildman–Crippen MR) is 72.6 cm³/mol. The summed E-state index contributed by atoms with van der Waals surface area (Å²) < 4.78 is 0. The van der Waals surface area contributed by atoms with Crippen molar-refractivity contribution < 1.29 is 4.79 Å². The van der Waals surface area contributed by atoms with Gasteiger partial charge in [0.25, 0.3) is 0 Å². The number of carbonyl (C=O) groups is 1. The minimum absolute atomic E-state index is 0.157. The number of fused-ring (bicyclic) bond motifs is 1. The largest absolute Gasteiger partial charge is 0.313 e. The second kappa shape index (κ2) is 5.69. The third-order valence-electron chi connectivity index (χ3n) is 3.17. The van der Waals surface area contributed by atoms with Gasteiger partial charge in [0.2, 0.25) is 0 Å². The van der Waals surface area contributed by atoms with Crippen LogP contribution >= 0.6 is 11.8 Å². The van der Waals surface area contributed by atoms with Crippen molar-refractivity contribution in [3.8, 4) is 0 Å². The van der Waals surface area contributed by atoms with Gasteiger partial charge in [0.15, 0.2) is 0 Å². The lowest BCUT2D eigenvalue weighted by molar-refractivity contribution is -0.117. The maximum Gasteiger partial charge on any atom is 0.131 e. The number of aryl methyl sites for hydroxylation is 1. The van der Waals surface area contributed by atoms with E-state index in [1.54, 1.807) is 6.92 Å². The van der Waals surface area contributed by atoms with E-state index in [9.17, 15) is 4.79 Å². The Labute approximate surface area is 107 Å². The number of ketones is 1. The molecule has 1 aliphatic rings. The molecule has 0 saturated heterocycles. The third kappa shape index (κ3) is 3.11. The van der Waals surface area contributed by atoms with Crippen LogP contribution in [-0.4, -0.2) is 18.6 Å². The molecule has 1 aromatic rings. The van der Waals surface area contributed by atoms with Crippen molar-refractivity contribution >= 4 is 17.5 Å². The van der Waals surface area contributed by atoms with Crippen LogP contribution in [0.25, 0.3) is 0 Å². The molecule has 0 spiro atoms. The molecule has 0 radical (unpaired) electrons. The van der Waals surface area contributed by atoms with Crippen LogP contribution in [0.2, 0.25) is 0 Å². The maximum atomic E-state index is 11.2. The van der Waals surface area contributed by atoms with E-state index in [1.807, 2.05) is 18.8 Å². The molecule has 17 heavy (non-hydrogen) atoms. The highest BCUT2D eigenvalue weighted by atomic mass is 32.2. The van der Waals surface area contributed by atoms with Crippen LogP contribution in [0, 0.1) is 0 Å². The Balaban J connectivity index is 2.22. The SMILES string of the molecule is CNC(CC(C)=O)c1ccc2c(c1)CCCS2. The molecule has 0 fully saturated rings. The zero-order valence-electron chi connectivity index (χ0n) is 10.5. The third-order valence-corrected chi connectivity index (χ3v) is 4.38. The first-order valence-electron chi connectivity index (χ1n) is 6.13. The molecule has 1 N–H and O–H groups in total. The van der Waals surface area contributed by atoms with Gasteiger partial charge >= 0.3 is 0 Å². The Morgan fingerprint density at radius 2 is 2.35 bits per heavy atom. The van der Waals surface area contributed by atoms with Crippen LogP contribution in [-0.2, 0) is 11.2 Å². The van der Waals surface area contributed by atoms with Gasteiger partial charge in [-0.2, -0.15) is 0 Å². The molecule has 1 aromatic carbocycles. The van der Waals surface area contributed by atoms with Gasteiger partial charge in [0, 0.05) is 17.4 Å². The van der Waals surface area contributed by atoms with Crippen LogP contribution in [0.5, 0.6) is 0 Å². The highest BCUT2D eigenvalue weighted by Crippen LogP contribution is 2.32. The zero-order valence-corrected chi connectivity index (χ0v) is 11.3. The topological polar surface area (TPSA) is 29.1 Å². The highest BCUT2D eigenvalue weighted by Gasteiger charge is 2.15. The maximum absolute atomic E-state index is 11.2. The molecule has 2 rings (SSSR count). The van der Waals surface area contributed by atoms with Crippen molar-refractivity contribution in [1.29, 1.82) is 0 Å². The molecule has 1 heterocycles. The van der Waals surface area contributed by atoms with Gasteiger partial charge in [-0.05, 0) is 49.8 Å². The van der Waals surface area contributed by atoms with E-state index in [0.29, 0.717) is 6.42 Å². The lowest BCUT2D eigenvalue weighted by Gasteiger charge is -2.20. The van der Waals surface area contributed by atoms with Crippen LogP contribution in [0.4, 0.5) is 0 Å². The van der Waals surface area contributed by atoms with Crippen LogP contribution in [0.3, 0.4) is 0 Å². The van der Waals surface area contributed by atoms with E-state index < -0.39 is 0 Å². The van der Waals surface area contributed by atoms with Crippen molar-refractivity contribution in [2.24, 2.45) is 0 Å². The van der Waals surface area contributed by atoms with Crippen molar-refractivity contribution in [2.45, 2.75) is 37.1 Å². The highest BCUT2D eigenvalue weighted by molar-refractivity contribution is 7.99. The molecular formula is C14H19NOS. The molecule has 1 unspecified atom stereocenters. The van der Waals surface area contributed by atoms with Crippen molar-refractivity contribution in [2.75, 3.05) is 12.8 Å². The quantitative estimate of drug-likeness (QED) is 0.889. The molecule has 1 atom stereocenters. The number of rotatable bonds is 4. The summed E-state index contributed by atoms with van der Waals surface area (Å²) in [5.74, 6) is 1.46. The molecule has 1 aliphatic heterocycles. The average molecular weight is 249 g/mol. The van der Waals surface area contributed by atoms with Gasteiger partial charge < -0.3 is 5.32 Å². The van der Waals surface area contributed by atoms with Crippen LogP contribution < -0.4 is 5.32 Å². The minimum Gasteiger partial charge on any atom is -0.313 e. The van der Waals surface area contributed by atoms with Crippen molar-refractivity contribution in [3.63, 3.8) is 0 Å². The summed E-state index contributed by atoms with van der Waals surface area (Å²) in [6, 6.07) is 6.79. The number of hydrogen-bond donors (Lipinski definition) is 1. The van der Waals surface area contributed by atoms with Gasteiger partial charge in [-0.1, -0.05) is 12.1 Å². The summed E-state index contributed by atoms with van der Waals surface area (Å²) >= 11 is 1.94. The van der Waals surface area contributed by atoms with Crippen LogP contribution in [0.15, 0.2) is 23.1 Å². The summed E-state index contributed by atoms with van der Waals surface area (Å²) in [7, 11) is 1.92. The molecule has 0 aromatic heterocycles. The fraction of sp³-hybridized carbons (Fsp3) is 0.500. The second-order valence-electron chi connectivity index (χ2n) is 4.57. The van der Waals surface area contributed by atoms with Gasteiger partial charge in [0.05, 0.1) is 0 Å². The van der Waals surface area contributed by atoms with E-state index in [4.69, 9.17) is 0 Å². The Bertz CT molecular complexity index is 417. The van der Waals surface area contributed by atoms with E-state index in [0.717, 1.165) is 0 Å². The standard InChI is InChI=1S/C14H19NOS/c1-10(16)8-13(15-2)11-5-6-14-12(9-11)4-3-7-17-14/h5-6,9,13,15H,3-4,7-8H2,1-2H3. The van der Waals surface area contributed by atoms with E-state index in [-0.39, 0.29) is 11.8 Å². The molecule has 0 saturated carbocycles. The zero-order chi connectivity index (χ0) is 12.3. The summed E-state index contributed by atoms with van der Waals surface area (Å²) in [5, 5.41) is 3.23.